The van der Waals surface area contributed by atoms with Crippen molar-refractivity contribution in [1.29, 1.82) is 0 Å². The van der Waals surface area contributed by atoms with E-state index in [4.69, 9.17) is 11.6 Å². The molecule has 1 unspecified atom stereocenters. The Morgan fingerprint density at radius 1 is 1.48 bits per heavy atom. The molecule has 1 aromatic carbocycles. The molecule has 1 aromatic rings. The smallest absolute Gasteiger partial charge is 0.330 e. The fraction of sp³-hybridized carbons (Fsp3) is 0.357. The highest BCUT2D eigenvalue weighted by molar-refractivity contribution is 6.31. The van der Waals surface area contributed by atoms with Crippen LogP contribution in [0.3, 0.4) is 0 Å². The molecule has 1 aliphatic rings. The molecular formula is C14H15ClN2O4. The van der Waals surface area contributed by atoms with E-state index >= 15 is 0 Å². The van der Waals surface area contributed by atoms with E-state index in [0.717, 1.165) is 5.56 Å². The molecule has 1 aliphatic heterocycles. The normalized spacial score (nSPS) is 14.6. The van der Waals surface area contributed by atoms with Crippen LogP contribution in [0.5, 0.6) is 0 Å². The van der Waals surface area contributed by atoms with Gasteiger partial charge < -0.3 is 15.0 Å². The maximum Gasteiger partial charge on any atom is 0.330 e. The lowest BCUT2D eigenvalue weighted by molar-refractivity contribution is -0.144. The molecule has 6 nitrogen and oxygen atoms in total. The van der Waals surface area contributed by atoms with Crippen LogP contribution in [0.15, 0.2) is 18.2 Å². The van der Waals surface area contributed by atoms with Gasteiger partial charge in [-0.05, 0) is 17.7 Å². The van der Waals surface area contributed by atoms with Crippen LogP contribution < -0.4 is 10.2 Å². The van der Waals surface area contributed by atoms with Gasteiger partial charge in [-0.25, -0.2) is 4.79 Å². The molecule has 7 heteroatoms. The molecule has 21 heavy (non-hydrogen) atoms. The molecule has 2 rings (SSSR count). The lowest BCUT2D eigenvalue weighted by Gasteiger charge is -2.23. The largest absolute Gasteiger partial charge is 0.467 e. The second kappa shape index (κ2) is 6.13. The number of nitrogens with zero attached hydrogens (tertiary/aromatic N) is 1. The minimum absolute atomic E-state index is 0.0123. The lowest BCUT2D eigenvalue weighted by Crippen LogP contribution is -2.49. The molecule has 0 fully saturated rings. The van der Waals surface area contributed by atoms with Crippen LogP contribution in [0.4, 0.5) is 5.69 Å². The molecule has 0 saturated heterocycles. The van der Waals surface area contributed by atoms with E-state index in [1.807, 2.05) is 0 Å². The molecule has 0 aromatic heterocycles. The number of hydrogen-bond acceptors (Lipinski definition) is 4. The van der Waals surface area contributed by atoms with E-state index in [9.17, 15) is 14.4 Å². The topological polar surface area (TPSA) is 75.7 Å². The van der Waals surface area contributed by atoms with Gasteiger partial charge in [0.1, 0.15) is 6.04 Å². The number of fused-ring (bicyclic) bond motifs is 1. The zero-order valence-corrected chi connectivity index (χ0v) is 12.4. The molecule has 1 heterocycles. The minimum atomic E-state index is -0.915. The maximum absolute atomic E-state index is 12.1. The van der Waals surface area contributed by atoms with Gasteiger partial charge in [0.25, 0.3) is 0 Å². The van der Waals surface area contributed by atoms with Crippen molar-refractivity contribution in [2.24, 2.45) is 0 Å². The molecule has 0 radical (unpaired) electrons. The number of halogens is 1. The van der Waals surface area contributed by atoms with Crippen LogP contribution in [0.2, 0.25) is 5.02 Å². The van der Waals surface area contributed by atoms with Crippen molar-refractivity contribution in [2.75, 3.05) is 18.6 Å². The number of benzene rings is 1. The highest BCUT2D eigenvalue weighted by Gasteiger charge is 2.32. The summed E-state index contributed by atoms with van der Waals surface area (Å²) in [5, 5.41) is 2.99. The maximum atomic E-state index is 12.1. The number of methoxy groups -OCH3 is 1. The third-order valence-electron chi connectivity index (χ3n) is 3.21. The predicted molar refractivity (Wildman–Crippen MR) is 77.1 cm³/mol. The van der Waals surface area contributed by atoms with Crippen LogP contribution >= 0.6 is 11.6 Å². The first-order valence-corrected chi connectivity index (χ1v) is 6.74. The SMILES string of the molecule is COC(=O)C(CN1C(=O)Cc2ccc(Cl)cc21)NC(C)=O. The summed E-state index contributed by atoms with van der Waals surface area (Å²) in [4.78, 5) is 36.4. The number of esters is 1. The first kappa shape index (κ1) is 15.3. The number of hydrogen-bond donors (Lipinski definition) is 1. The van der Waals surface area contributed by atoms with Gasteiger partial charge in [0.2, 0.25) is 11.8 Å². The van der Waals surface area contributed by atoms with E-state index < -0.39 is 12.0 Å². The van der Waals surface area contributed by atoms with E-state index in [0.29, 0.717) is 10.7 Å². The molecule has 0 aliphatic carbocycles. The van der Waals surface area contributed by atoms with Gasteiger partial charge in [0, 0.05) is 17.6 Å². The first-order chi connectivity index (χ1) is 9.92. The first-order valence-electron chi connectivity index (χ1n) is 6.36. The van der Waals surface area contributed by atoms with Crippen molar-refractivity contribution in [3.63, 3.8) is 0 Å². The fourth-order valence-corrected chi connectivity index (χ4v) is 2.45. The molecule has 0 bridgehead atoms. The third kappa shape index (κ3) is 3.33. The summed E-state index contributed by atoms with van der Waals surface area (Å²) < 4.78 is 4.65. The van der Waals surface area contributed by atoms with E-state index in [2.05, 4.69) is 10.1 Å². The Morgan fingerprint density at radius 2 is 2.19 bits per heavy atom. The van der Waals surface area contributed by atoms with E-state index in [1.54, 1.807) is 18.2 Å². The zero-order chi connectivity index (χ0) is 15.6. The summed E-state index contributed by atoms with van der Waals surface area (Å²) in [7, 11) is 1.23. The van der Waals surface area contributed by atoms with Gasteiger partial charge in [-0.3, -0.25) is 9.59 Å². The van der Waals surface area contributed by atoms with Gasteiger partial charge in [0.15, 0.2) is 0 Å². The van der Waals surface area contributed by atoms with Crippen LogP contribution in [0.1, 0.15) is 12.5 Å². The molecular weight excluding hydrogens is 296 g/mol. The molecule has 2 amide bonds. The molecule has 112 valence electrons. The van der Waals surface area contributed by atoms with Crippen LogP contribution in [-0.2, 0) is 25.5 Å². The van der Waals surface area contributed by atoms with Gasteiger partial charge in [-0.2, -0.15) is 0 Å². The molecule has 0 spiro atoms. The molecule has 0 saturated carbocycles. The Morgan fingerprint density at radius 3 is 2.81 bits per heavy atom. The second-order valence-corrected chi connectivity index (χ2v) is 5.17. The quantitative estimate of drug-likeness (QED) is 0.839. The molecule has 1 atom stereocenters. The van der Waals surface area contributed by atoms with Crippen LogP contribution in [0, 0.1) is 0 Å². The van der Waals surface area contributed by atoms with Crippen molar-refractivity contribution in [1.82, 2.24) is 5.32 Å². The van der Waals surface area contributed by atoms with Gasteiger partial charge >= 0.3 is 5.97 Å². The van der Waals surface area contributed by atoms with Crippen molar-refractivity contribution < 1.29 is 19.1 Å². The van der Waals surface area contributed by atoms with Crippen LogP contribution in [-0.4, -0.2) is 37.5 Å². The number of carbonyl (C=O) groups excluding carboxylic acids is 3. The zero-order valence-electron chi connectivity index (χ0n) is 11.7. The number of rotatable bonds is 4. The number of ether oxygens (including phenoxy) is 1. The average molecular weight is 311 g/mol. The number of carbonyl (C=O) groups is 3. The highest BCUT2D eigenvalue weighted by atomic mass is 35.5. The number of nitrogens with one attached hydrogen (secondary N) is 1. The summed E-state index contributed by atoms with van der Waals surface area (Å²) in [6.07, 6.45) is 0.250. The monoisotopic (exact) mass is 310 g/mol. The van der Waals surface area contributed by atoms with E-state index in [-0.39, 0.29) is 24.8 Å². The summed E-state index contributed by atoms with van der Waals surface area (Å²) >= 11 is 5.95. The minimum Gasteiger partial charge on any atom is -0.467 e. The Labute approximate surface area is 127 Å². The lowest BCUT2D eigenvalue weighted by atomic mass is 10.2. The highest BCUT2D eigenvalue weighted by Crippen LogP contribution is 2.31. The number of anilines is 1. The van der Waals surface area contributed by atoms with Crippen LogP contribution in [0.25, 0.3) is 0 Å². The summed E-state index contributed by atoms with van der Waals surface area (Å²) in [5.41, 5.74) is 1.50. The fourth-order valence-electron chi connectivity index (χ4n) is 2.28. The Balaban J connectivity index is 2.25. The van der Waals surface area contributed by atoms with Crippen molar-refractivity contribution in [2.45, 2.75) is 19.4 Å². The van der Waals surface area contributed by atoms with Crippen molar-refractivity contribution in [3.05, 3.63) is 28.8 Å². The molecule has 1 N–H and O–H groups in total. The van der Waals surface area contributed by atoms with E-state index in [1.165, 1.54) is 18.9 Å². The van der Waals surface area contributed by atoms with Gasteiger partial charge in [0.05, 0.1) is 20.1 Å². The van der Waals surface area contributed by atoms with Gasteiger partial charge in [-0.15, -0.1) is 0 Å². The second-order valence-electron chi connectivity index (χ2n) is 4.73. The standard InChI is InChI=1S/C14H15ClN2O4/c1-8(18)16-11(14(20)21-2)7-17-12-6-10(15)4-3-9(12)5-13(17)19/h3-4,6,11H,5,7H2,1-2H3,(H,16,18). The summed E-state index contributed by atoms with van der Waals surface area (Å²) in [6, 6.07) is 4.25. The summed E-state index contributed by atoms with van der Waals surface area (Å²) in [6.45, 7) is 1.31. The average Bonchev–Trinajstić information content (AvgIpc) is 2.72. The predicted octanol–water partition coefficient (Wildman–Crippen LogP) is 0.907. The number of amides is 2. The Bertz CT molecular complexity index is 603. The van der Waals surface area contributed by atoms with Gasteiger partial charge in [-0.1, -0.05) is 17.7 Å². The van der Waals surface area contributed by atoms with Crippen molar-refractivity contribution >= 4 is 35.1 Å². The van der Waals surface area contributed by atoms with Crippen molar-refractivity contribution in [3.8, 4) is 0 Å². The third-order valence-corrected chi connectivity index (χ3v) is 3.44. The summed E-state index contributed by atoms with van der Waals surface area (Å²) in [5.74, 6) is -1.12. The Hall–Kier alpha value is -2.08. The Kier molecular flexibility index (Phi) is 4.47.